The Hall–Kier alpha value is -2.90. The highest BCUT2D eigenvalue weighted by Crippen LogP contribution is 2.32. The van der Waals surface area contributed by atoms with Gasteiger partial charge in [0.05, 0.1) is 11.7 Å². The lowest BCUT2D eigenvalue weighted by Gasteiger charge is -2.34. The molecular formula is C21H27N7O. The summed E-state index contributed by atoms with van der Waals surface area (Å²) in [6.07, 6.45) is 9.22. The summed E-state index contributed by atoms with van der Waals surface area (Å²) in [4.78, 5) is 22.4. The first kappa shape index (κ1) is 18.1. The van der Waals surface area contributed by atoms with E-state index in [-0.39, 0.29) is 11.9 Å². The lowest BCUT2D eigenvalue weighted by Crippen LogP contribution is -2.39. The van der Waals surface area contributed by atoms with Crippen LogP contribution in [0.5, 0.6) is 0 Å². The number of aromatic nitrogens is 5. The van der Waals surface area contributed by atoms with E-state index in [1.54, 1.807) is 16.9 Å². The number of piperidine rings is 1. The maximum atomic E-state index is 13.2. The summed E-state index contributed by atoms with van der Waals surface area (Å²) in [5.74, 6) is 1.08. The van der Waals surface area contributed by atoms with Crippen molar-refractivity contribution in [3.8, 4) is 0 Å². The van der Waals surface area contributed by atoms with Crippen LogP contribution < -0.4 is 4.90 Å². The molecule has 0 bridgehead atoms. The quantitative estimate of drug-likeness (QED) is 0.684. The number of nitrogens with zero attached hydrogens (tertiary/aromatic N) is 7. The zero-order valence-corrected chi connectivity index (χ0v) is 17.1. The molecule has 0 radical (unpaired) electrons. The van der Waals surface area contributed by atoms with Gasteiger partial charge in [0.1, 0.15) is 11.5 Å². The average molecular weight is 393 g/mol. The number of carbonyl (C=O) groups is 1. The molecular weight excluding hydrogens is 366 g/mol. The van der Waals surface area contributed by atoms with Gasteiger partial charge in [-0.1, -0.05) is 0 Å². The van der Waals surface area contributed by atoms with Gasteiger partial charge in [-0.3, -0.25) is 9.48 Å². The first-order valence-electron chi connectivity index (χ1n) is 10.5. The van der Waals surface area contributed by atoms with Crippen LogP contribution >= 0.6 is 0 Å². The first-order valence-corrected chi connectivity index (χ1v) is 10.5. The van der Waals surface area contributed by atoms with Crippen LogP contribution in [0.15, 0.2) is 24.5 Å². The van der Waals surface area contributed by atoms with Gasteiger partial charge in [0, 0.05) is 50.7 Å². The number of hydrogen-bond acceptors (Lipinski definition) is 5. The Morgan fingerprint density at radius 3 is 2.69 bits per heavy atom. The predicted molar refractivity (Wildman–Crippen MR) is 110 cm³/mol. The van der Waals surface area contributed by atoms with Crippen LogP contribution in [-0.4, -0.2) is 54.8 Å². The molecule has 1 atom stereocenters. The van der Waals surface area contributed by atoms with Crippen molar-refractivity contribution in [3.63, 3.8) is 0 Å². The van der Waals surface area contributed by atoms with Crippen LogP contribution in [-0.2, 0) is 7.05 Å². The van der Waals surface area contributed by atoms with E-state index in [1.165, 1.54) is 12.8 Å². The smallest absolute Gasteiger partial charge is 0.272 e. The number of hydrogen-bond donors (Lipinski definition) is 0. The summed E-state index contributed by atoms with van der Waals surface area (Å²) in [6.45, 7) is 4.98. The zero-order chi connectivity index (χ0) is 20.0. The van der Waals surface area contributed by atoms with E-state index in [2.05, 4.69) is 29.2 Å². The molecule has 5 rings (SSSR count). The molecule has 2 aliphatic heterocycles. The second kappa shape index (κ2) is 7.17. The summed E-state index contributed by atoms with van der Waals surface area (Å²) < 4.78 is 3.51. The fourth-order valence-corrected chi connectivity index (χ4v) is 4.64. The summed E-state index contributed by atoms with van der Waals surface area (Å²) in [5, 5.41) is 8.98. The van der Waals surface area contributed by atoms with Gasteiger partial charge >= 0.3 is 0 Å². The highest BCUT2D eigenvalue weighted by Gasteiger charge is 2.32. The third-order valence-electron chi connectivity index (χ3n) is 6.17. The third-order valence-corrected chi connectivity index (χ3v) is 6.17. The van der Waals surface area contributed by atoms with E-state index in [9.17, 15) is 4.79 Å². The van der Waals surface area contributed by atoms with Crippen molar-refractivity contribution in [2.24, 2.45) is 7.05 Å². The molecule has 5 heterocycles. The fraction of sp³-hybridized carbons (Fsp3) is 0.524. The molecule has 2 saturated heterocycles. The van der Waals surface area contributed by atoms with Crippen LogP contribution in [0.3, 0.4) is 0 Å². The SMILES string of the molecule is Cc1cn2nc(C3CCCCN3C(=O)c3ccnn3C)cc2nc1N1CCCC1. The van der Waals surface area contributed by atoms with Gasteiger partial charge < -0.3 is 9.80 Å². The molecule has 2 fully saturated rings. The molecule has 3 aromatic heterocycles. The van der Waals surface area contributed by atoms with Gasteiger partial charge in [0.2, 0.25) is 0 Å². The molecule has 29 heavy (non-hydrogen) atoms. The first-order chi connectivity index (χ1) is 14.1. The number of amides is 1. The van der Waals surface area contributed by atoms with Gasteiger partial charge in [0.15, 0.2) is 5.65 Å². The Bertz CT molecular complexity index is 1050. The van der Waals surface area contributed by atoms with Crippen molar-refractivity contribution in [2.45, 2.75) is 45.1 Å². The normalized spacial score (nSPS) is 20.0. The van der Waals surface area contributed by atoms with Crippen molar-refractivity contribution < 1.29 is 4.79 Å². The van der Waals surface area contributed by atoms with Gasteiger partial charge in [-0.25, -0.2) is 9.50 Å². The third kappa shape index (κ3) is 3.16. The van der Waals surface area contributed by atoms with E-state index in [0.717, 1.165) is 61.6 Å². The molecule has 152 valence electrons. The Balaban J connectivity index is 1.49. The summed E-state index contributed by atoms with van der Waals surface area (Å²) in [5.41, 5.74) is 3.53. The molecule has 2 aliphatic rings. The Morgan fingerprint density at radius 2 is 1.93 bits per heavy atom. The predicted octanol–water partition coefficient (Wildman–Crippen LogP) is 2.74. The molecule has 0 aliphatic carbocycles. The molecule has 8 nitrogen and oxygen atoms in total. The van der Waals surface area contributed by atoms with Crippen molar-refractivity contribution >= 4 is 17.4 Å². The van der Waals surface area contributed by atoms with Crippen LogP contribution in [0.25, 0.3) is 5.65 Å². The van der Waals surface area contributed by atoms with Crippen molar-refractivity contribution in [3.05, 3.63) is 41.5 Å². The Labute approximate surface area is 170 Å². The minimum absolute atomic E-state index is 0.0219. The zero-order valence-electron chi connectivity index (χ0n) is 17.1. The summed E-state index contributed by atoms with van der Waals surface area (Å²) in [7, 11) is 1.81. The van der Waals surface area contributed by atoms with Crippen molar-refractivity contribution in [1.29, 1.82) is 0 Å². The standard InChI is InChI=1S/C21H27N7O/c1-15-14-28-19(23-20(15)26-10-5-6-11-26)13-16(24-28)17-7-3-4-12-27(17)21(29)18-8-9-22-25(18)2/h8-9,13-14,17H,3-7,10-12H2,1-2H3. The summed E-state index contributed by atoms with van der Waals surface area (Å²) >= 11 is 0. The van der Waals surface area contributed by atoms with E-state index in [4.69, 9.17) is 10.1 Å². The van der Waals surface area contributed by atoms with E-state index in [0.29, 0.717) is 5.69 Å². The van der Waals surface area contributed by atoms with Crippen molar-refractivity contribution in [2.75, 3.05) is 24.5 Å². The van der Waals surface area contributed by atoms with E-state index in [1.807, 2.05) is 16.5 Å². The molecule has 8 heteroatoms. The highest BCUT2D eigenvalue weighted by molar-refractivity contribution is 5.92. The minimum atomic E-state index is -0.0246. The number of anilines is 1. The Morgan fingerprint density at radius 1 is 1.14 bits per heavy atom. The van der Waals surface area contributed by atoms with Gasteiger partial charge in [-0.05, 0) is 45.1 Å². The molecule has 0 aromatic carbocycles. The molecule has 0 N–H and O–H groups in total. The maximum absolute atomic E-state index is 13.2. The van der Waals surface area contributed by atoms with Gasteiger partial charge in [0.25, 0.3) is 5.91 Å². The van der Waals surface area contributed by atoms with E-state index < -0.39 is 0 Å². The van der Waals surface area contributed by atoms with Crippen molar-refractivity contribution in [1.82, 2.24) is 29.3 Å². The summed E-state index contributed by atoms with van der Waals surface area (Å²) in [6, 6.07) is 3.81. The van der Waals surface area contributed by atoms with E-state index >= 15 is 0 Å². The number of aryl methyl sites for hydroxylation is 2. The van der Waals surface area contributed by atoms with Crippen LogP contribution in [0.1, 0.15) is 59.9 Å². The van der Waals surface area contributed by atoms with Gasteiger partial charge in [-0.2, -0.15) is 10.2 Å². The lowest BCUT2D eigenvalue weighted by molar-refractivity contribution is 0.0594. The number of rotatable bonds is 3. The fourth-order valence-electron chi connectivity index (χ4n) is 4.64. The number of carbonyl (C=O) groups excluding carboxylic acids is 1. The Kier molecular flexibility index (Phi) is 4.49. The number of likely N-dealkylation sites (tertiary alicyclic amines) is 1. The minimum Gasteiger partial charge on any atom is -0.356 e. The number of fused-ring (bicyclic) bond motifs is 1. The lowest BCUT2D eigenvalue weighted by atomic mass is 9.99. The topological polar surface area (TPSA) is 71.6 Å². The molecule has 3 aromatic rings. The molecule has 0 spiro atoms. The molecule has 1 unspecified atom stereocenters. The van der Waals surface area contributed by atoms with Crippen LogP contribution in [0, 0.1) is 6.92 Å². The maximum Gasteiger partial charge on any atom is 0.272 e. The molecule has 0 saturated carbocycles. The molecule has 1 amide bonds. The van der Waals surface area contributed by atoms with Crippen LogP contribution in [0.4, 0.5) is 5.82 Å². The average Bonchev–Trinajstić information content (AvgIpc) is 3.47. The largest absolute Gasteiger partial charge is 0.356 e. The van der Waals surface area contributed by atoms with Gasteiger partial charge in [-0.15, -0.1) is 0 Å². The monoisotopic (exact) mass is 393 g/mol. The second-order valence-electron chi connectivity index (χ2n) is 8.16. The second-order valence-corrected chi connectivity index (χ2v) is 8.16. The van der Waals surface area contributed by atoms with Crippen LogP contribution in [0.2, 0.25) is 0 Å². The highest BCUT2D eigenvalue weighted by atomic mass is 16.2.